The molecule has 1 saturated carbocycles. The van der Waals surface area contributed by atoms with Crippen LogP contribution in [0.15, 0.2) is 77.9 Å². The van der Waals surface area contributed by atoms with Crippen LogP contribution in [-0.4, -0.2) is 57.7 Å². The van der Waals surface area contributed by atoms with Gasteiger partial charge in [-0.1, -0.05) is 65.7 Å². The molecule has 7 rings (SSSR count). The molecule has 2 aliphatic rings. The highest BCUT2D eigenvalue weighted by atomic mass is 35.5. The van der Waals surface area contributed by atoms with Gasteiger partial charge in [-0.3, -0.25) is 14.0 Å². The number of ether oxygens (including phenoxy) is 1. The summed E-state index contributed by atoms with van der Waals surface area (Å²) in [7, 11) is 1.59. The van der Waals surface area contributed by atoms with E-state index in [1.807, 2.05) is 60.7 Å². The van der Waals surface area contributed by atoms with Gasteiger partial charge in [0.1, 0.15) is 5.65 Å². The van der Waals surface area contributed by atoms with Crippen molar-refractivity contribution in [2.24, 2.45) is 5.92 Å². The number of benzene rings is 2. The third kappa shape index (κ3) is 7.26. The quantitative estimate of drug-likeness (QED) is 0.124. The lowest BCUT2D eigenvalue weighted by Gasteiger charge is -2.16. The maximum absolute atomic E-state index is 13.2. The van der Waals surface area contributed by atoms with Crippen molar-refractivity contribution in [3.05, 3.63) is 105 Å². The van der Waals surface area contributed by atoms with Crippen LogP contribution in [0.3, 0.4) is 0 Å². The van der Waals surface area contributed by atoms with Gasteiger partial charge in [0.15, 0.2) is 0 Å². The standard InChI is InChI=1S/C38H38Cl2N6O4/c1-50-37-24(17-41-20-26-11-13-34(48)44-26)10-12-31(45-37)30-7-3-6-29(36(30)40)28-5-2-4-27(35(28)39)23-14-15-46-33(16-23)43-19-25(38(46)49)18-42-21-32(47)22-8-9-22/h2-7,10,12,14-16,19,22,26,32,41-42,47H,8-9,11,13,17-18,20-21H2,1H3,(H,44,48). The fourth-order valence-electron chi connectivity index (χ4n) is 6.45. The van der Waals surface area contributed by atoms with Crippen LogP contribution in [0.1, 0.15) is 36.8 Å². The Bertz CT molecular complexity index is 2120. The van der Waals surface area contributed by atoms with Crippen LogP contribution in [0.2, 0.25) is 10.0 Å². The van der Waals surface area contributed by atoms with Crippen LogP contribution in [0.5, 0.6) is 5.88 Å². The van der Waals surface area contributed by atoms with E-state index in [1.165, 1.54) is 4.40 Å². The van der Waals surface area contributed by atoms with E-state index in [4.69, 9.17) is 32.9 Å². The molecular formula is C38H38Cl2N6O4. The van der Waals surface area contributed by atoms with E-state index in [2.05, 4.69) is 20.9 Å². The van der Waals surface area contributed by atoms with Gasteiger partial charge in [-0.15, -0.1) is 0 Å². The average molecular weight is 714 g/mol. The van der Waals surface area contributed by atoms with E-state index >= 15 is 0 Å². The molecule has 1 saturated heterocycles. The van der Waals surface area contributed by atoms with Crippen molar-refractivity contribution in [2.45, 2.75) is 50.9 Å². The molecule has 1 amide bonds. The van der Waals surface area contributed by atoms with Crippen molar-refractivity contribution >= 4 is 34.8 Å². The molecule has 2 fully saturated rings. The highest BCUT2D eigenvalue weighted by Gasteiger charge is 2.29. The Balaban J connectivity index is 1.11. The second-order valence-corrected chi connectivity index (χ2v) is 13.7. The zero-order valence-corrected chi connectivity index (χ0v) is 29.1. The summed E-state index contributed by atoms with van der Waals surface area (Å²) in [5.41, 5.74) is 6.24. The first-order valence-corrected chi connectivity index (χ1v) is 17.6. The van der Waals surface area contributed by atoms with Gasteiger partial charge in [-0.2, -0.15) is 0 Å². The van der Waals surface area contributed by atoms with E-state index in [-0.39, 0.29) is 23.6 Å². The number of aliphatic hydroxyl groups excluding tert-OH is 1. The number of nitrogens with one attached hydrogen (secondary N) is 3. The first kappa shape index (κ1) is 34.1. The molecule has 4 heterocycles. The Morgan fingerprint density at radius 3 is 2.38 bits per heavy atom. The number of aliphatic hydroxyl groups is 1. The molecule has 4 N–H and O–H groups in total. The lowest BCUT2D eigenvalue weighted by molar-refractivity contribution is -0.119. The van der Waals surface area contributed by atoms with Gasteiger partial charge in [-0.05, 0) is 48.9 Å². The summed E-state index contributed by atoms with van der Waals surface area (Å²) < 4.78 is 7.16. The second kappa shape index (κ2) is 14.9. The van der Waals surface area contributed by atoms with Crippen molar-refractivity contribution in [1.82, 2.24) is 30.3 Å². The zero-order valence-electron chi connectivity index (χ0n) is 27.6. The SMILES string of the molecule is COc1nc(-c2cccc(-c3cccc(-c4ccn5c(=O)c(CNCC(O)C6CC6)cnc5c4)c3Cl)c2Cl)ccc1CNCC1CCC(=O)N1. The van der Waals surface area contributed by atoms with Crippen molar-refractivity contribution in [3.8, 4) is 39.4 Å². The number of rotatable bonds is 13. The number of carbonyl (C=O) groups excluding carboxylic acids is 1. The van der Waals surface area contributed by atoms with Gasteiger partial charge in [0, 0.05) is 84.4 Å². The van der Waals surface area contributed by atoms with Crippen LogP contribution in [0, 0.1) is 5.92 Å². The highest BCUT2D eigenvalue weighted by molar-refractivity contribution is 6.39. The molecule has 0 spiro atoms. The molecule has 3 aromatic heterocycles. The van der Waals surface area contributed by atoms with Crippen molar-refractivity contribution in [1.29, 1.82) is 0 Å². The number of pyridine rings is 2. The molecule has 2 atom stereocenters. The number of aromatic nitrogens is 3. The van der Waals surface area contributed by atoms with E-state index in [9.17, 15) is 14.7 Å². The topological polar surface area (TPSA) is 130 Å². The van der Waals surface area contributed by atoms with Gasteiger partial charge < -0.3 is 25.8 Å². The molecule has 258 valence electrons. The smallest absolute Gasteiger partial charge is 0.262 e. The summed E-state index contributed by atoms with van der Waals surface area (Å²) in [6.07, 6.45) is 6.43. The fraction of sp³-hybridized carbons (Fsp3) is 0.316. The van der Waals surface area contributed by atoms with Crippen LogP contribution in [0.25, 0.3) is 39.2 Å². The Kier molecular flexibility index (Phi) is 10.2. The average Bonchev–Trinajstić information content (AvgIpc) is 3.90. The Morgan fingerprint density at radius 2 is 1.66 bits per heavy atom. The van der Waals surface area contributed by atoms with Gasteiger partial charge in [0.05, 0.1) is 29.0 Å². The minimum Gasteiger partial charge on any atom is -0.481 e. The summed E-state index contributed by atoms with van der Waals surface area (Å²) in [6.45, 7) is 2.00. The summed E-state index contributed by atoms with van der Waals surface area (Å²) >= 11 is 14.2. The number of fused-ring (bicyclic) bond motifs is 1. The largest absolute Gasteiger partial charge is 0.481 e. The molecule has 10 nitrogen and oxygen atoms in total. The molecule has 2 unspecified atom stereocenters. The summed E-state index contributed by atoms with van der Waals surface area (Å²) in [4.78, 5) is 34.1. The lowest BCUT2D eigenvalue weighted by atomic mass is 9.97. The number of nitrogens with zero attached hydrogens (tertiary/aromatic N) is 3. The van der Waals surface area contributed by atoms with Gasteiger partial charge >= 0.3 is 0 Å². The first-order valence-electron chi connectivity index (χ1n) is 16.8. The maximum Gasteiger partial charge on any atom is 0.262 e. The van der Waals surface area contributed by atoms with Crippen molar-refractivity contribution < 1.29 is 14.6 Å². The Hall–Kier alpha value is -4.32. The van der Waals surface area contributed by atoms with Gasteiger partial charge in [0.25, 0.3) is 5.56 Å². The van der Waals surface area contributed by atoms with Crippen LogP contribution in [-0.2, 0) is 17.9 Å². The molecule has 0 radical (unpaired) electrons. The number of carbonyl (C=O) groups is 1. The van der Waals surface area contributed by atoms with Crippen molar-refractivity contribution in [3.63, 3.8) is 0 Å². The molecule has 2 aromatic carbocycles. The third-order valence-electron chi connectivity index (χ3n) is 9.41. The van der Waals surface area contributed by atoms with E-state index < -0.39 is 0 Å². The summed E-state index contributed by atoms with van der Waals surface area (Å²) in [5, 5.41) is 20.7. The predicted molar refractivity (Wildman–Crippen MR) is 195 cm³/mol. The summed E-state index contributed by atoms with van der Waals surface area (Å²) in [5.74, 6) is 0.956. The number of amides is 1. The van der Waals surface area contributed by atoms with Crippen LogP contribution in [0.4, 0.5) is 0 Å². The lowest BCUT2D eigenvalue weighted by Crippen LogP contribution is -2.35. The molecule has 1 aliphatic heterocycles. The molecule has 50 heavy (non-hydrogen) atoms. The van der Waals surface area contributed by atoms with Crippen LogP contribution >= 0.6 is 23.2 Å². The van der Waals surface area contributed by atoms with Gasteiger partial charge in [-0.25, -0.2) is 9.97 Å². The predicted octanol–water partition coefficient (Wildman–Crippen LogP) is 5.63. The monoisotopic (exact) mass is 712 g/mol. The normalized spacial score (nSPS) is 16.5. The first-order chi connectivity index (χ1) is 24.3. The molecule has 0 bridgehead atoms. The highest BCUT2D eigenvalue weighted by Crippen LogP contribution is 2.42. The minimum atomic E-state index is -0.383. The third-order valence-corrected chi connectivity index (χ3v) is 10.2. The Labute approximate surface area is 299 Å². The van der Waals surface area contributed by atoms with Gasteiger partial charge in [0.2, 0.25) is 11.8 Å². The molecule has 12 heteroatoms. The summed E-state index contributed by atoms with van der Waals surface area (Å²) in [6, 6.07) is 19.3. The van der Waals surface area contributed by atoms with Crippen molar-refractivity contribution in [2.75, 3.05) is 20.2 Å². The second-order valence-electron chi connectivity index (χ2n) is 12.9. The number of methoxy groups -OCH3 is 1. The Morgan fingerprint density at radius 1 is 0.940 bits per heavy atom. The fourth-order valence-corrected chi connectivity index (χ4v) is 7.11. The number of hydrogen-bond acceptors (Lipinski definition) is 8. The maximum atomic E-state index is 13.2. The zero-order chi connectivity index (χ0) is 34.8. The molecule has 1 aliphatic carbocycles. The minimum absolute atomic E-state index is 0.0939. The van der Waals surface area contributed by atoms with E-state index in [1.54, 1.807) is 19.5 Å². The van der Waals surface area contributed by atoms with Crippen LogP contribution < -0.4 is 26.2 Å². The molecule has 5 aromatic rings. The number of hydrogen-bond donors (Lipinski definition) is 4. The number of halogens is 2. The van der Waals surface area contributed by atoms with E-state index in [0.29, 0.717) is 71.3 Å². The molecular weight excluding hydrogens is 675 g/mol. The van der Waals surface area contributed by atoms with E-state index in [0.717, 1.165) is 52.6 Å².